The van der Waals surface area contributed by atoms with Crippen LogP contribution in [-0.4, -0.2) is 34.3 Å². The maximum Gasteiger partial charge on any atom is 0.295 e. The summed E-state index contributed by atoms with van der Waals surface area (Å²) in [5, 5.41) is 13.8. The fraction of sp³-hybridized carbons (Fsp3) is 0.200. The van der Waals surface area contributed by atoms with Crippen molar-refractivity contribution in [3.63, 3.8) is 0 Å². The number of carbonyl (C=O) groups is 1. The molecule has 0 aliphatic carbocycles. The molecule has 0 unspecified atom stereocenters. The molecule has 1 amide bonds. The van der Waals surface area contributed by atoms with Gasteiger partial charge in [0, 0.05) is 39.0 Å². The summed E-state index contributed by atoms with van der Waals surface area (Å²) in [5.41, 5.74) is 1.37. The van der Waals surface area contributed by atoms with E-state index in [1.807, 2.05) is 18.2 Å². The van der Waals surface area contributed by atoms with E-state index in [1.165, 1.54) is 22.9 Å². The van der Waals surface area contributed by atoms with Gasteiger partial charge in [0.15, 0.2) is 0 Å². The van der Waals surface area contributed by atoms with E-state index in [-0.39, 0.29) is 22.5 Å². The standard InChI is InChI=1S/C20H21N5O4/c1-13-18(20(27)24(23(13)4)14-8-6-5-7-9-14)21-19(26)16-12-15(25(28)29)10-11-17(16)22(2)3/h5-12H,1-4H3,(H,21,26). The predicted octanol–water partition coefficient (Wildman–Crippen LogP) is 2.71. The Labute approximate surface area is 166 Å². The minimum atomic E-state index is -0.594. The number of nitrogens with zero attached hydrogens (tertiary/aromatic N) is 4. The van der Waals surface area contributed by atoms with Crippen LogP contribution in [0.15, 0.2) is 53.3 Å². The Kier molecular flexibility index (Phi) is 5.22. The van der Waals surface area contributed by atoms with Crippen molar-refractivity contribution in [1.29, 1.82) is 0 Å². The molecule has 0 saturated heterocycles. The largest absolute Gasteiger partial charge is 0.377 e. The molecule has 0 aliphatic rings. The van der Waals surface area contributed by atoms with Gasteiger partial charge in [-0.1, -0.05) is 18.2 Å². The summed E-state index contributed by atoms with van der Waals surface area (Å²) in [6.07, 6.45) is 0. The van der Waals surface area contributed by atoms with Gasteiger partial charge < -0.3 is 10.2 Å². The molecule has 0 radical (unpaired) electrons. The van der Waals surface area contributed by atoms with E-state index >= 15 is 0 Å². The molecule has 150 valence electrons. The summed E-state index contributed by atoms with van der Waals surface area (Å²) in [5.74, 6) is -0.594. The average Bonchev–Trinajstić information content (AvgIpc) is 2.91. The topological polar surface area (TPSA) is 102 Å². The van der Waals surface area contributed by atoms with Crippen LogP contribution in [-0.2, 0) is 7.05 Å². The van der Waals surface area contributed by atoms with Crippen molar-refractivity contribution in [2.45, 2.75) is 6.92 Å². The molecule has 29 heavy (non-hydrogen) atoms. The third kappa shape index (κ3) is 3.62. The number of para-hydroxylation sites is 1. The number of amides is 1. The van der Waals surface area contributed by atoms with Crippen LogP contribution < -0.4 is 15.8 Å². The molecule has 2 aromatic carbocycles. The molecule has 0 bridgehead atoms. The Bertz CT molecular complexity index is 1150. The Balaban J connectivity index is 2.06. The quantitative estimate of drug-likeness (QED) is 0.529. The molecule has 9 heteroatoms. The first-order valence-corrected chi connectivity index (χ1v) is 8.83. The lowest BCUT2D eigenvalue weighted by Crippen LogP contribution is -2.24. The van der Waals surface area contributed by atoms with Gasteiger partial charge >= 0.3 is 0 Å². The molecular weight excluding hydrogens is 374 g/mol. The van der Waals surface area contributed by atoms with Gasteiger partial charge in [-0.05, 0) is 25.1 Å². The second-order valence-corrected chi connectivity index (χ2v) is 6.74. The van der Waals surface area contributed by atoms with Crippen LogP contribution in [0.25, 0.3) is 5.69 Å². The lowest BCUT2D eigenvalue weighted by molar-refractivity contribution is -0.384. The molecule has 0 spiro atoms. The van der Waals surface area contributed by atoms with Crippen LogP contribution in [0.4, 0.5) is 17.1 Å². The lowest BCUT2D eigenvalue weighted by atomic mass is 10.1. The molecule has 3 aromatic rings. The molecule has 9 nitrogen and oxygen atoms in total. The number of non-ortho nitro benzene ring substituents is 1. The fourth-order valence-corrected chi connectivity index (χ4v) is 3.10. The molecule has 1 aromatic heterocycles. The summed E-state index contributed by atoms with van der Waals surface area (Å²) >= 11 is 0. The summed E-state index contributed by atoms with van der Waals surface area (Å²) < 4.78 is 3.10. The number of rotatable bonds is 5. The summed E-state index contributed by atoms with van der Waals surface area (Å²) in [7, 11) is 5.18. The van der Waals surface area contributed by atoms with Gasteiger partial charge in [-0.25, -0.2) is 4.68 Å². The number of carbonyl (C=O) groups excluding carboxylic acids is 1. The number of nitrogens with one attached hydrogen (secondary N) is 1. The molecule has 1 heterocycles. The first kappa shape index (κ1) is 19.9. The van der Waals surface area contributed by atoms with Crippen molar-refractivity contribution in [2.75, 3.05) is 24.3 Å². The van der Waals surface area contributed by atoms with Gasteiger partial charge in [-0.2, -0.15) is 0 Å². The van der Waals surface area contributed by atoms with E-state index in [9.17, 15) is 19.7 Å². The van der Waals surface area contributed by atoms with E-state index in [0.29, 0.717) is 17.1 Å². The van der Waals surface area contributed by atoms with Crippen molar-refractivity contribution in [3.05, 3.63) is 80.3 Å². The molecule has 0 atom stereocenters. The van der Waals surface area contributed by atoms with Crippen molar-refractivity contribution in [3.8, 4) is 5.69 Å². The molecule has 1 N–H and O–H groups in total. The number of aromatic nitrogens is 2. The minimum Gasteiger partial charge on any atom is -0.377 e. The number of hydrogen-bond donors (Lipinski definition) is 1. The zero-order valence-corrected chi connectivity index (χ0v) is 16.5. The molecule has 0 fully saturated rings. The maximum absolute atomic E-state index is 13.0. The van der Waals surface area contributed by atoms with Gasteiger partial charge in [-0.3, -0.25) is 24.4 Å². The smallest absolute Gasteiger partial charge is 0.295 e. The maximum atomic E-state index is 13.0. The Morgan fingerprint density at radius 3 is 2.38 bits per heavy atom. The number of nitro benzene ring substituents is 1. The van der Waals surface area contributed by atoms with Crippen LogP contribution >= 0.6 is 0 Å². The van der Waals surface area contributed by atoms with E-state index < -0.39 is 10.8 Å². The summed E-state index contributed by atoms with van der Waals surface area (Å²) in [6.45, 7) is 1.72. The zero-order valence-electron chi connectivity index (χ0n) is 16.5. The predicted molar refractivity (Wildman–Crippen MR) is 111 cm³/mol. The van der Waals surface area contributed by atoms with Gasteiger partial charge in [0.1, 0.15) is 5.69 Å². The highest BCUT2D eigenvalue weighted by atomic mass is 16.6. The highest BCUT2D eigenvalue weighted by Crippen LogP contribution is 2.25. The molecular formula is C20H21N5O4. The van der Waals surface area contributed by atoms with Crippen molar-refractivity contribution in [1.82, 2.24) is 9.36 Å². The van der Waals surface area contributed by atoms with Crippen LogP contribution in [0.3, 0.4) is 0 Å². The third-order valence-electron chi connectivity index (χ3n) is 4.71. The third-order valence-corrected chi connectivity index (χ3v) is 4.71. The zero-order chi connectivity index (χ0) is 21.3. The Morgan fingerprint density at radius 2 is 1.79 bits per heavy atom. The minimum absolute atomic E-state index is 0.109. The number of benzene rings is 2. The van der Waals surface area contributed by atoms with Gasteiger partial charge in [0.25, 0.3) is 17.2 Å². The van der Waals surface area contributed by atoms with Crippen molar-refractivity contribution < 1.29 is 9.72 Å². The van der Waals surface area contributed by atoms with Gasteiger partial charge in [-0.15, -0.1) is 0 Å². The fourth-order valence-electron chi connectivity index (χ4n) is 3.10. The van der Waals surface area contributed by atoms with Crippen LogP contribution in [0.2, 0.25) is 0 Å². The van der Waals surface area contributed by atoms with Gasteiger partial charge in [0.05, 0.1) is 21.9 Å². The van der Waals surface area contributed by atoms with Gasteiger partial charge in [0.2, 0.25) is 0 Å². The molecule has 3 rings (SSSR count). The highest BCUT2D eigenvalue weighted by molar-refractivity contribution is 6.08. The van der Waals surface area contributed by atoms with Crippen LogP contribution in [0.1, 0.15) is 16.1 Å². The van der Waals surface area contributed by atoms with Crippen LogP contribution in [0, 0.1) is 17.0 Å². The van der Waals surface area contributed by atoms with E-state index in [4.69, 9.17) is 0 Å². The molecule has 0 aliphatic heterocycles. The number of hydrogen-bond acceptors (Lipinski definition) is 5. The first-order chi connectivity index (χ1) is 13.7. The monoisotopic (exact) mass is 395 g/mol. The molecule has 0 saturated carbocycles. The lowest BCUT2D eigenvalue weighted by Gasteiger charge is -2.16. The van der Waals surface area contributed by atoms with Crippen LogP contribution in [0.5, 0.6) is 0 Å². The Hall–Kier alpha value is -3.88. The van der Waals surface area contributed by atoms with E-state index in [1.54, 1.807) is 49.8 Å². The normalized spacial score (nSPS) is 10.6. The second kappa shape index (κ2) is 7.63. The van der Waals surface area contributed by atoms with Crippen molar-refractivity contribution >= 4 is 23.0 Å². The first-order valence-electron chi connectivity index (χ1n) is 8.83. The van der Waals surface area contributed by atoms with E-state index in [0.717, 1.165) is 0 Å². The SMILES string of the molecule is Cc1c(NC(=O)c2cc([N+](=O)[O-])ccc2N(C)C)c(=O)n(-c2ccccc2)n1C. The summed E-state index contributed by atoms with van der Waals surface area (Å²) in [4.78, 5) is 38.2. The number of anilines is 2. The average molecular weight is 395 g/mol. The number of nitro groups is 1. The summed E-state index contributed by atoms with van der Waals surface area (Å²) in [6, 6.07) is 13.1. The second-order valence-electron chi connectivity index (χ2n) is 6.74. The van der Waals surface area contributed by atoms with E-state index in [2.05, 4.69) is 5.32 Å². The Morgan fingerprint density at radius 1 is 1.14 bits per heavy atom. The van der Waals surface area contributed by atoms with Crippen molar-refractivity contribution in [2.24, 2.45) is 7.05 Å². The highest BCUT2D eigenvalue weighted by Gasteiger charge is 2.22.